The molecule has 0 heterocycles. The molecule has 0 aliphatic heterocycles. The first-order valence-electron chi connectivity index (χ1n) is 7.94. The molecule has 3 aromatic carbocycles. The summed E-state index contributed by atoms with van der Waals surface area (Å²) in [7, 11) is 1.54. The molecule has 0 spiro atoms. The van der Waals surface area contributed by atoms with Gasteiger partial charge in [-0.1, -0.05) is 49.1 Å². The van der Waals surface area contributed by atoms with Gasteiger partial charge in [-0.3, -0.25) is 4.79 Å². The Morgan fingerprint density at radius 2 is 1.88 bits per heavy atom. The molecule has 0 aliphatic carbocycles. The lowest BCUT2D eigenvalue weighted by atomic mass is 10.1. The molecule has 0 aliphatic rings. The number of amides is 1. The molecule has 0 radical (unpaired) electrons. The van der Waals surface area contributed by atoms with Gasteiger partial charge in [0.05, 0.1) is 7.11 Å². The van der Waals surface area contributed by atoms with Crippen molar-refractivity contribution in [3.63, 3.8) is 0 Å². The Balaban J connectivity index is 1.86. The van der Waals surface area contributed by atoms with Gasteiger partial charge in [0.1, 0.15) is 6.61 Å². The maximum Gasteiger partial charge on any atom is 0.255 e. The van der Waals surface area contributed by atoms with E-state index in [1.54, 1.807) is 31.4 Å². The quantitative estimate of drug-likeness (QED) is 0.667. The fourth-order valence-corrected chi connectivity index (χ4v) is 2.61. The van der Waals surface area contributed by atoms with Crippen molar-refractivity contribution in [3.8, 4) is 11.5 Å². The monoisotopic (exact) mass is 333 g/mol. The third-order valence-corrected chi connectivity index (χ3v) is 3.82. The van der Waals surface area contributed by atoms with Crippen LogP contribution >= 0.6 is 0 Å². The molecule has 0 aromatic heterocycles. The number of nitrogens with one attached hydrogen (secondary N) is 1. The summed E-state index contributed by atoms with van der Waals surface area (Å²) in [6.45, 7) is 3.99. The van der Waals surface area contributed by atoms with E-state index < -0.39 is 0 Å². The third kappa shape index (κ3) is 3.63. The number of hydrogen-bond acceptors (Lipinski definition) is 3. The first kappa shape index (κ1) is 16.6. The molecular weight excluding hydrogens is 314 g/mol. The third-order valence-electron chi connectivity index (χ3n) is 3.82. The van der Waals surface area contributed by atoms with Crippen molar-refractivity contribution in [1.29, 1.82) is 0 Å². The zero-order chi connectivity index (χ0) is 17.6. The highest BCUT2D eigenvalue weighted by Gasteiger charge is 2.12. The summed E-state index contributed by atoms with van der Waals surface area (Å²) in [5, 5.41) is 5.04. The molecule has 1 N–H and O–H groups in total. The van der Waals surface area contributed by atoms with Crippen molar-refractivity contribution >= 4 is 22.4 Å². The summed E-state index contributed by atoms with van der Waals surface area (Å²) in [5.41, 5.74) is 1.27. The van der Waals surface area contributed by atoms with Crippen LogP contribution in [0.2, 0.25) is 0 Å². The summed E-state index contributed by atoms with van der Waals surface area (Å²) in [6, 6.07) is 18.8. The predicted octanol–water partition coefficient (Wildman–Crippen LogP) is 4.67. The predicted molar refractivity (Wildman–Crippen MR) is 101 cm³/mol. The van der Waals surface area contributed by atoms with Gasteiger partial charge in [0, 0.05) is 16.6 Å². The summed E-state index contributed by atoms with van der Waals surface area (Å²) < 4.78 is 10.8. The summed E-state index contributed by atoms with van der Waals surface area (Å²) in [5.74, 6) is 0.876. The molecule has 0 unspecified atom stereocenters. The zero-order valence-corrected chi connectivity index (χ0v) is 14.0. The molecule has 25 heavy (non-hydrogen) atoms. The fourth-order valence-electron chi connectivity index (χ4n) is 2.61. The molecule has 0 saturated heterocycles. The van der Waals surface area contributed by atoms with Gasteiger partial charge in [0.15, 0.2) is 11.5 Å². The van der Waals surface area contributed by atoms with E-state index in [-0.39, 0.29) is 5.91 Å². The molecule has 0 bridgehead atoms. The van der Waals surface area contributed by atoms with E-state index in [4.69, 9.17) is 9.47 Å². The summed E-state index contributed by atoms with van der Waals surface area (Å²) in [4.78, 5) is 12.6. The minimum atomic E-state index is -0.204. The second-order valence-corrected chi connectivity index (χ2v) is 5.45. The molecular formula is C21H19NO3. The summed E-state index contributed by atoms with van der Waals surface area (Å²) >= 11 is 0. The van der Waals surface area contributed by atoms with Crippen molar-refractivity contribution in [2.24, 2.45) is 0 Å². The maximum atomic E-state index is 12.6. The first-order valence-corrected chi connectivity index (χ1v) is 7.94. The van der Waals surface area contributed by atoms with Crippen molar-refractivity contribution < 1.29 is 14.3 Å². The Labute approximate surface area is 146 Å². The fraction of sp³-hybridized carbons (Fsp3) is 0.0952. The topological polar surface area (TPSA) is 47.6 Å². The smallest absolute Gasteiger partial charge is 0.255 e. The maximum absolute atomic E-state index is 12.6. The minimum absolute atomic E-state index is 0.204. The van der Waals surface area contributed by atoms with Gasteiger partial charge < -0.3 is 14.8 Å². The number of carbonyl (C=O) groups excluding carboxylic acids is 1. The molecule has 0 saturated carbocycles. The van der Waals surface area contributed by atoms with Crippen LogP contribution in [0, 0.1) is 0 Å². The van der Waals surface area contributed by atoms with Crippen LogP contribution < -0.4 is 14.8 Å². The number of hydrogen-bond donors (Lipinski definition) is 1. The van der Waals surface area contributed by atoms with Crippen LogP contribution in [-0.4, -0.2) is 19.6 Å². The number of ether oxygens (including phenoxy) is 2. The van der Waals surface area contributed by atoms with Crippen molar-refractivity contribution in [3.05, 3.63) is 78.9 Å². The Bertz CT molecular complexity index is 913. The van der Waals surface area contributed by atoms with Crippen molar-refractivity contribution in [2.75, 3.05) is 19.0 Å². The molecule has 3 aromatic rings. The lowest BCUT2D eigenvalue weighted by Crippen LogP contribution is -2.12. The molecule has 3 rings (SSSR count). The van der Waals surface area contributed by atoms with E-state index in [0.29, 0.717) is 23.7 Å². The number of rotatable bonds is 6. The van der Waals surface area contributed by atoms with Gasteiger partial charge in [-0.2, -0.15) is 0 Å². The Hall–Kier alpha value is -3.27. The zero-order valence-electron chi connectivity index (χ0n) is 14.0. The number of fused-ring (bicyclic) bond motifs is 1. The first-order chi connectivity index (χ1) is 12.2. The van der Waals surface area contributed by atoms with Gasteiger partial charge in [0.2, 0.25) is 0 Å². The van der Waals surface area contributed by atoms with E-state index in [1.807, 2.05) is 42.5 Å². The molecule has 0 atom stereocenters. The van der Waals surface area contributed by atoms with Crippen molar-refractivity contribution in [2.45, 2.75) is 0 Å². The average Bonchev–Trinajstić information content (AvgIpc) is 2.66. The normalized spacial score (nSPS) is 10.3. The van der Waals surface area contributed by atoms with E-state index >= 15 is 0 Å². The molecule has 4 nitrogen and oxygen atoms in total. The standard InChI is InChI=1S/C21H19NO3/c1-3-13-25-19-12-11-16(14-20(19)24-2)21(23)22-18-10-6-8-15-7-4-5-9-17(15)18/h3-12,14H,1,13H2,2H3,(H,22,23). The number of methoxy groups -OCH3 is 1. The second-order valence-electron chi connectivity index (χ2n) is 5.45. The SMILES string of the molecule is C=CCOc1ccc(C(=O)Nc2cccc3ccccc23)cc1OC. The highest BCUT2D eigenvalue weighted by Crippen LogP contribution is 2.29. The number of anilines is 1. The van der Waals surface area contributed by atoms with E-state index in [1.165, 1.54) is 0 Å². The van der Waals surface area contributed by atoms with Crippen molar-refractivity contribution in [1.82, 2.24) is 0 Å². The summed E-state index contributed by atoms with van der Waals surface area (Å²) in [6.07, 6.45) is 1.65. The number of carbonyl (C=O) groups is 1. The van der Waals surface area contributed by atoms with E-state index in [9.17, 15) is 4.79 Å². The van der Waals surface area contributed by atoms with Crippen LogP contribution in [0.4, 0.5) is 5.69 Å². The molecule has 1 amide bonds. The molecule has 4 heteroatoms. The van der Waals surface area contributed by atoms with Crippen LogP contribution in [-0.2, 0) is 0 Å². The van der Waals surface area contributed by atoms with E-state index in [0.717, 1.165) is 16.5 Å². The molecule has 0 fully saturated rings. The highest BCUT2D eigenvalue weighted by molar-refractivity contribution is 6.09. The Kier molecular flexibility index (Phi) is 5.00. The van der Waals surface area contributed by atoms with Crippen LogP contribution in [0.25, 0.3) is 10.8 Å². The van der Waals surface area contributed by atoms with Crippen LogP contribution in [0.1, 0.15) is 10.4 Å². The van der Waals surface area contributed by atoms with Crippen LogP contribution in [0.5, 0.6) is 11.5 Å². The van der Waals surface area contributed by atoms with Gasteiger partial charge in [0.25, 0.3) is 5.91 Å². The van der Waals surface area contributed by atoms with Gasteiger partial charge >= 0.3 is 0 Å². The second kappa shape index (κ2) is 7.53. The van der Waals surface area contributed by atoms with Gasteiger partial charge in [-0.15, -0.1) is 0 Å². The van der Waals surface area contributed by atoms with E-state index in [2.05, 4.69) is 11.9 Å². The Morgan fingerprint density at radius 1 is 1.08 bits per heavy atom. The lowest BCUT2D eigenvalue weighted by molar-refractivity contribution is 0.102. The highest BCUT2D eigenvalue weighted by atomic mass is 16.5. The number of benzene rings is 3. The Morgan fingerprint density at radius 3 is 2.68 bits per heavy atom. The largest absolute Gasteiger partial charge is 0.493 e. The van der Waals surface area contributed by atoms with Crippen LogP contribution in [0.15, 0.2) is 73.3 Å². The van der Waals surface area contributed by atoms with Gasteiger partial charge in [-0.25, -0.2) is 0 Å². The average molecular weight is 333 g/mol. The molecule has 126 valence electrons. The van der Waals surface area contributed by atoms with Gasteiger partial charge in [-0.05, 0) is 29.7 Å². The minimum Gasteiger partial charge on any atom is -0.493 e. The van der Waals surface area contributed by atoms with Crippen LogP contribution in [0.3, 0.4) is 0 Å². The lowest BCUT2D eigenvalue weighted by Gasteiger charge is -2.12.